The van der Waals surface area contributed by atoms with Crippen LogP contribution in [0.15, 0.2) is 0 Å². The van der Waals surface area contributed by atoms with Gasteiger partial charge < -0.3 is 15.9 Å². The van der Waals surface area contributed by atoms with E-state index in [0.29, 0.717) is 17.4 Å². The van der Waals surface area contributed by atoms with Crippen molar-refractivity contribution in [2.45, 2.75) is 37.5 Å². The lowest BCUT2D eigenvalue weighted by Crippen LogP contribution is -2.33. The number of hydrogen-bond acceptors (Lipinski definition) is 4. The minimum absolute atomic E-state index is 0.153. The van der Waals surface area contributed by atoms with Crippen LogP contribution in [-0.2, 0) is 4.79 Å². The molecular weight excluding hydrogens is 202 g/mol. The summed E-state index contributed by atoms with van der Waals surface area (Å²) in [6, 6.07) is -0.793. The van der Waals surface area contributed by atoms with Crippen molar-refractivity contribution in [2.24, 2.45) is 5.73 Å². The quantitative estimate of drug-likeness (QED) is 0.561. The van der Waals surface area contributed by atoms with E-state index in [9.17, 15) is 4.79 Å². The first-order valence-electron chi connectivity index (χ1n) is 4.82. The second-order valence-corrected chi connectivity index (χ2v) is 4.53. The average Bonchev–Trinajstić information content (AvgIpc) is 2.14. The zero-order chi connectivity index (χ0) is 11.0. The van der Waals surface area contributed by atoms with Crippen LogP contribution in [-0.4, -0.2) is 39.8 Å². The number of thioether (sulfide) groups is 1. The van der Waals surface area contributed by atoms with E-state index < -0.39 is 12.0 Å². The highest BCUT2D eigenvalue weighted by Crippen LogP contribution is 2.20. The molecule has 0 unspecified atom stereocenters. The van der Waals surface area contributed by atoms with Crippen LogP contribution in [0.2, 0.25) is 0 Å². The molecule has 4 N–H and O–H groups in total. The van der Waals surface area contributed by atoms with Crippen LogP contribution in [0.4, 0.5) is 0 Å². The molecule has 0 aliphatic heterocycles. The lowest BCUT2D eigenvalue weighted by molar-refractivity contribution is -0.137. The SMILES string of the molecule is CCC[C@@H](CCO)SC[C@H](N)C(=O)O. The standard InChI is InChI=1S/C9H19NO3S/c1-2-3-7(4-5-11)14-6-8(10)9(12)13/h7-8,11H,2-6,10H2,1H3,(H,12,13)/t7-,8-/m0/s1. The first-order valence-corrected chi connectivity index (χ1v) is 5.87. The number of rotatable bonds is 8. The highest BCUT2D eigenvalue weighted by atomic mass is 32.2. The fourth-order valence-corrected chi connectivity index (χ4v) is 2.38. The van der Waals surface area contributed by atoms with Gasteiger partial charge in [0.25, 0.3) is 0 Å². The predicted molar refractivity (Wildman–Crippen MR) is 58.5 cm³/mol. The number of aliphatic hydroxyl groups is 1. The molecule has 14 heavy (non-hydrogen) atoms. The minimum Gasteiger partial charge on any atom is -0.480 e. The summed E-state index contributed by atoms with van der Waals surface area (Å²) in [4.78, 5) is 10.4. The third kappa shape index (κ3) is 6.23. The Morgan fingerprint density at radius 1 is 1.50 bits per heavy atom. The van der Waals surface area contributed by atoms with E-state index in [1.54, 1.807) is 11.8 Å². The smallest absolute Gasteiger partial charge is 0.321 e. The van der Waals surface area contributed by atoms with Gasteiger partial charge in [-0.05, 0) is 12.8 Å². The van der Waals surface area contributed by atoms with Crippen LogP contribution in [0.3, 0.4) is 0 Å². The number of aliphatic carboxylic acids is 1. The molecule has 4 nitrogen and oxygen atoms in total. The van der Waals surface area contributed by atoms with Crippen molar-refractivity contribution in [1.82, 2.24) is 0 Å². The van der Waals surface area contributed by atoms with Crippen LogP contribution in [0.5, 0.6) is 0 Å². The molecule has 0 aromatic carbocycles. The molecule has 0 spiro atoms. The molecule has 5 heteroatoms. The Morgan fingerprint density at radius 2 is 2.14 bits per heavy atom. The molecule has 0 saturated carbocycles. The zero-order valence-corrected chi connectivity index (χ0v) is 9.30. The lowest BCUT2D eigenvalue weighted by atomic mass is 10.2. The molecule has 0 fully saturated rings. The Morgan fingerprint density at radius 3 is 2.57 bits per heavy atom. The molecule has 0 bridgehead atoms. The normalized spacial score (nSPS) is 15.1. The Labute approximate surface area is 88.9 Å². The molecule has 0 amide bonds. The molecule has 0 heterocycles. The van der Waals surface area contributed by atoms with Crippen LogP contribution < -0.4 is 5.73 Å². The summed E-state index contributed by atoms with van der Waals surface area (Å²) in [5.74, 6) is -0.545. The molecule has 0 aromatic rings. The van der Waals surface area contributed by atoms with E-state index >= 15 is 0 Å². The Balaban J connectivity index is 3.74. The van der Waals surface area contributed by atoms with Crippen LogP contribution >= 0.6 is 11.8 Å². The molecule has 84 valence electrons. The second-order valence-electron chi connectivity index (χ2n) is 3.20. The number of nitrogens with two attached hydrogens (primary N) is 1. The number of carboxylic acid groups (broad SMARTS) is 1. The summed E-state index contributed by atoms with van der Waals surface area (Å²) in [5.41, 5.74) is 5.37. The van der Waals surface area contributed by atoms with Gasteiger partial charge in [0.05, 0.1) is 0 Å². The summed E-state index contributed by atoms with van der Waals surface area (Å²) >= 11 is 1.54. The average molecular weight is 221 g/mol. The van der Waals surface area contributed by atoms with Gasteiger partial charge in [0.1, 0.15) is 6.04 Å². The van der Waals surface area contributed by atoms with Crippen molar-refractivity contribution in [3.8, 4) is 0 Å². The first kappa shape index (κ1) is 13.7. The molecule has 0 aliphatic carbocycles. The number of carbonyl (C=O) groups is 1. The van der Waals surface area contributed by atoms with Crippen molar-refractivity contribution in [1.29, 1.82) is 0 Å². The van der Waals surface area contributed by atoms with Crippen LogP contribution in [0.1, 0.15) is 26.2 Å². The van der Waals surface area contributed by atoms with E-state index in [4.69, 9.17) is 15.9 Å². The van der Waals surface area contributed by atoms with E-state index in [-0.39, 0.29) is 6.61 Å². The van der Waals surface area contributed by atoms with E-state index in [1.165, 1.54) is 0 Å². The van der Waals surface area contributed by atoms with Gasteiger partial charge in [-0.2, -0.15) is 11.8 Å². The summed E-state index contributed by atoms with van der Waals surface area (Å²) < 4.78 is 0. The van der Waals surface area contributed by atoms with Gasteiger partial charge in [-0.15, -0.1) is 0 Å². The van der Waals surface area contributed by atoms with E-state index in [1.807, 2.05) is 0 Å². The van der Waals surface area contributed by atoms with Crippen LogP contribution in [0.25, 0.3) is 0 Å². The van der Waals surface area contributed by atoms with Gasteiger partial charge in [0.2, 0.25) is 0 Å². The van der Waals surface area contributed by atoms with Gasteiger partial charge in [-0.3, -0.25) is 4.79 Å². The Bertz CT molecular complexity index is 160. The van der Waals surface area contributed by atoms with Crippen molar-refractivity contribution in [2.75, 3.05) is 12.4 Å². The molecule has 0 saturated heterocycles. The Hall–Kier alpha value is -0.260. The van der Waals surface area contributed by atoms with E-state index in [2.05, 4.69) is 6.92 Å². The molecule has 0 rings (SSSR count). The number of aliphatic hydroxyl groups excluding tert-OH is 1. The van der Waals surface area contributed by atoms with Crippen molar-refractivity contribution < 1.29 is 15.0 Å². The number of hydrogen-bond donors (Lipinski definition) is 3. The summed E-state index contributed by atoms with van der Waals surface area (Å²) in [5, 5.41) is 17.7. The van der Waals surface area contributed by atoms with Gasteiger partial charge >= 0.3 is 5.97 Å². The van der Waals surface area contributed by atoms with Gasteiger partial charge in [-0.25, -0.2) is 0 Å². The molecular formula is C9H19NO3S. The maximum Gasteiger partial charge on any atom is 0.321 e. The summed E-state index contributed by atoms with van der Waals surface area (Å²) in [6.07, 6.45) is 2.75. The second kappa shape index (κ2) is 8.08. The van der Waals surface area contributed by atoms with Gasteiger partial charge in [0.15, 0.2) is 0 Å². The monoisotopic (exact) mass is 221 g/mol. The molecule has 0 aromatic heterocycles. The highest BCUT2D eigenvalue weighted by molar-refractivity contribution is 7.99. The lowest BCUT2D eigenvalue weighted by Gasteiger charge is -2.15. The van der Waals surface area contributed by atoms with Crippen molar-refractivity contribution in [3.05, 3.63) is 0 Å². The fraction of sp³-hybridized carbons (Fsp3) is 0.889. The third-order valence-electron chi connectivity index (χ3n) is 1.89. The largest absolute Gasteiger partial charge is 0.480 e. The third-order valence-corrected chi connectivity index (χ3v) is 3.38. The van der Waals surface area contributed by atoms with Crippen molar-refractivity contribution >= 4 is 17.7 Å². The maximum atomic E-state index is 10.4. The topological polar surface area (TPSA) is 83.5 Å². The summed E-state index contributed by atoms with van der Waals surface area (Å²) in [6.45, 7) is 2.22. The van der Waals surface area contributed by atoms with E-state index in [0.717, 1.165) is 12.8 Å². The number of carboxylic acids is 1. The zero-order valence-electron chi connectivity index (χ0n) is 8.48. The fourth-order valence-electron chi connectivity index (χ4n) is 1.09. The first-order chi connectivity index (χ1) is 6.61. The van der Waals surface area contributed by atoms with Crippen LogP contribution in [0, 0.1) is 0 Å². The Kier molecular flexibility index (Phi) is 7.93. The molecule has 2 atom stereocenters. The highest BCUT2D eigenvalue weighted by Gasteiger charge is 2.15. The summed E-state index contributed by atoms with van der Waals surface area (Å²) in [7, 11) is 0. The molecule has 0 radical (unpaired) electrons. The molecule has 0 aliphatic rings. The maximum absolute atomic E-state index is 10.4. The van der Waals surface area contributed by atoms with Crippen molar-refractivity contribution in [3.63, 3.8) is 0 Å². The predicted octanol–water partition coefficient (Wildman–Crippen LogP) is 0.683. The van der Waals surface area contributed by atoms with Gasteiger partial charge in [-0.1, -0.05) is 13.3 Å². The minimum atomic E-state index is -0.961. The van der Waals surface area contributed by atoms with Gasteiger partial charge in [0, 0.05) is 17.6 Å².